The van der Waals surface area contributed by atoms with Gasteiger partial charge in [-0.05, 0) is 36.8 Å². The predicted octanol–water partition coefficient (Wildman–Crippen LogP) is 1.62. The first-order valence-corrected chi connectivity index (χ1v) is 6.36. The zero-order chi connectivity index (χ0) is 14.3. The van der Waals surface area contributed by atoms with Crippen LogP contribution in [0.1, 0.15) is 26.3 Å². The van der Waals surface area contributed by atoms with Gasteiger partial charge in [0.25, 0.3) is 0 Å². The van der Waals surface area contributed by atoms with E-state index in [4.69, 9.17) is 9.94 Å². The number of hydrogen-bond acceptors (Lipinski definition) is 5. The lowest BCUT2D eigenvalue weighted by molar-refractivity contribution is 0.104. The van der Waals surface area contributed by atoms with E-state index in [9.17, 15) is 5.11 Å². The van der Waals surface area contributed by atoms with Crippen molar-refractivity contribution in [3.05, 3.63) is 29.8 Å². The number of oxime groups is 1. The molecule has 0 heterocycles. The molecule has 1 rings (SSSR count). The molecule has 0 fully saturated rings. The zero-order valence-electron chi connectivity index (χ0n) is 11.6. The summed E-state index contributed by atoms with van der Waals surface area (Å²) >= 11 is 0. The monoisotopic (exact) mass is 266 g/mol. The Morgan fingerprint density at radius 1 is 1.32 bits per heavy atom. The van der Waals surface area contributed by atoms with Gasteiger partial charge in [-0.25, -0.2) is 0 Å². The van der Waals surface area contributed by atoms with Gasteiger partial charge in [0, 0.05) is 12.6 Å². The Morgan fingerprint density at radius 3 is 2.47 bits per heavy atom. The van der Waals surface area contributed by atoms with Crippen molar-refractivity contribution in [2.45, 2.75) is 32.9 Å². The summed E-state index contributed by atoms with van der Waals surface area (Å²) in [5.74, 6) is 0.679. The lowest BCUT2D eigenvalue weighted by Crippen LogP contribution is -2.35. The third-order valence-corrected chi connectivity index (χ3v) is 2.63. The van der Waals surface area contributed by atoms with Crippen molar-refractivity contribution < 1.29 is 15.1 Å². The van der Waals surface area contributed by atoms with Crippen LogP contribution in [0.4, 0.5) is 0 Å². The Balaban J connectivity index is 2.41. The number of rotatable bonds is 7. The number of aliphatic hydroxyl groups excluding tert-OH is 1. The lowest BCUT2D eigenvalue weighted by Gasteiger charge is -2.15. The van der Waals surface area contributed by atoms with Gasteiger partial charge in [0.2, 0.25) is 0 Å². The lowest BCUT2D eigenvalue weighted by atomic mass is 10.1. The highest BCUT2D eigenvalue weighted by Crippen LogP contribution is 2.13. The summed E-state index contributed by atoms with van der Waals surface area (Å²) in [5, 5.41) is 24.6. The van der Waals surface area contributed by atoms with Crippen molar-refractivity contribution in [2.75, 3.05) is 13.2 Å². The molecule has 0 aliphatic rings. The Labute approximate surface area is 113 Å². The molecule has 1 aromatic carbocycles. The highest BCUT2D eigenvalue weighted by Gasteiger charge is 2.06. The van der Waals surface area contributed by atoms with Crippen molar-refractivity contribution in [3.63, 3.8) is 0 Å². The fourth-order valence-corrected chi connectivity index (χ4v) is 1.47. The molecule has 1 aromatic rings. The highest BCUT2D eigenvalue weighted by molar-refractivity contribution is 5.98. The second-order valence-electron chi connectivity index (χ2n) is 4.74. The number of ether oxygens (including phenoxy) is 1. The molecular formula is C14H22N2O3. The van der Waals surface area contributed by atoms with Crippen molar-refractivity contribution in [3.8, 4) is 5.75 Å². The number of nitrogens with one attached hydrogen (secondary N) is 1. The molecule has 0 aliphatic heterocycles. The van der Waals surface area contributed by atoms with Gasteiger partial charge in [-0.2, -0.15) is 0 Å². The largest absolute Gasteiger partial charge is 0.491 e. The fraction of sp³-hybridized carbons (Fsp3) is 0.500. The minimum absolute atomic E-state index is 0.242. The van der Waals surface area contributed by atoms with E-state index in [0.717, 1.165) is 5.56 Å². The summed E-state index contributed by atoms with van der Waals surface area (Å²) in [7, 11) is 0. The molecule has 0 spiro atoms. The Hall–Kier alpha value is -1.59. The maximum absolute atomic E-state index is 9.70. The van der Waals surface area contributed by atoms with Gasteiger partial charge in [0.15, 0.2) is 0 Å². The molecule has 0 aliphatic carbocycles. The van der Waals surface area contributed by atoms with E-state index < -0.39 is 6.10 Å². The second kappa shape index (κ2) is 7.76. The molecule has 0 saturated heterocycles. The van der Waals surface area contributed by atoms with Crippen LogP contribution in [0.5, 0.6) is 5.75 Å². The van der Waals surface area contributed by atoms with E-state index in [0.29, 0.717) is 24.0 Å². The topological polar surface area (TPSA) is 74.1 Å². The predicted molar refractivity (Wildman–Crippen MR) is 75.1 cm³/mol. The first-order chi connectivity index (χ1) is 9.02. The molecule has 3 N–H and O–H groups in total. The molecule has 0 aromatic heterocycles. The van der Waals surface area contributed by atoms with E-state index in [1.165, 1.54) is 0 Å². The molecular weight excluding hydrogens is 244 g/mol. The van der Waals surface area contributed by atoms with Crippen LogP contribution >= 0.6 is 0 Å². The quantitative estimate of drug-likeness (QED) is 0.398. The summed E-state index contributed by atoms with van der Waals surface area (Å²) in [6.45, 7) is 6.52. The maximum Gasteiger partial charge on any atom is 0.119 e. The third-order valence-electron chi connectivity index (χ3n) is 2.63. The smallest absolute Gasteiger partial charge is 0.119 e. The van der Waals surface area contributed by atoms with Gasteiger partial charge in [-0.1, -0.05) is 19.0 Å². The average molecular weight is 266 g/mol. The van der Waals surface area contributed by atoms with E-state index in [1.807, 2.05) is 26.0 Å². The molecule has 1 unspecified atom stereocenters. The highest BCUT2D eigenvalue weighted by atomic mass is 16.5. The summed E-state index contributed by atoms with van der Waals surface area (Å²) in [5.41, 5.74) is 1.38. The van der Waals surface area contributed by atoms with Gasteiger partial charge in [-0.3, -0.25) is 0 Å². The summed E-state index contributed by atoms with van der Waals surface area (Å²) in [4.78, 5) is 0. The van der Waals surface area contributed by atoms with Crippen LogP contribution in [0.15, 0.2) is 29.4 Å². The van der Waals surface area contributed by atoms with Gasteiger partial charge in [-0.15, -0.1) is 0 Å². The van der Waals surface area contributed by atoms with Crippen molar-refractivity contribution in [2.24, 2.45) is 5.16 Å². The number of hydrogen-bond donors (Lipinski definition) is 3. The first-order valence-electron chi connectivity index (χ1n) is 6.36. The molecule has 0 saturated carbocycles. The van der Waals surface area contributed by atoms with Crippen molar-refractivity contribution in [1.29, 1.82) is 0 Å². The SMILES string of the molecule is C/C(=N/O)c1ccc(OCC(O)CNC(C)C)cc1. The van der Waals surface area contributed by atoms with Crippen molar-refractivity contribution in [1.82, 2.24) is 5.32 Å². The molecule has 0 bridgehead atoms. The van der Waals surface area contributed by atoms with Crippen LogP contribution in [0.3, 0.4) is 0 Å². The van der Waals surface area contributed by atoms with Crippen molar-refractivity contribution >= 4 is 5.71 Å². The second-order valence-corrected chi connectivity index (χ2v) is 4.74. The van der Waals surface area contributed by atoms with Crippen LogP contribution in [-0.2, 0) is 0 Å². The Kier molecular flexibility index (Phi) is 6.32. The number of nitrogens with zero attached hydrogens (tertiary/aromatic N) is 1. The van der Waals surface area contributed by atoms with Crippen LogP contribution < -0.4 is 10.1 Å². The van der Waals surface area contributed by atoms with E-state index in [2.05, 4.69) is 10.5 Å². The van der Waals surface area contributed by atoms with Gasteiger partial charge < -0.3 is 20.4 Å². The Morgan fingerprint density at radius 2 is 1.95 bits per heavy atom. The summed E-state index contributed by atoms with van der Waals surface area (Å²) < 4.78 is 5.48. The number of aliphatic hydroxyl groups is 1. The zero-order valence-corrected chi connectivity index (χ0v) is 11.6. The Bertz CT molecular complexity index is 402. The fourth-order valence-electron chi connectivity index (χ4n) is 1.47. The molecule has 0 amide bonds. The minimum atomic E-state index is -0.539. The first kappa shape index (κ1) is 15.5. The van der Waals surface area contributed by atoms with Crippen LogP contribution in [-0.4, -0.2) is 41.3 Å². The van der Waals surface area contributed by atoms with Gasteiger partial charge >= 0.3 is 0 Å². The van der Waals surface area contributed by atoms with E-state index in [1.54, 1.807) is 19.1 Å². The minimum Gasteiger partial charge on any atom is -0.491 e. The van der Waals surface area contributed by atoms with Gasteiger partial charge in [0.05, 0.1) is 5.71 Å². The summed E-state index contributed by atoms with van der Waals surface area (Å²) in [6.07, 6.45) is -0.539. The molecule has 106 valence electrons. The van der Waals surface area contributed by atoms with Crippen LogP contribution in [0.25, 0.3) is 0 Å². The maximum atomic E-state index is 9.70. The summed E-state index contributed by atoms with van der Waals surface area (Å²) in [6, 6.07) is 7.53. The van der Waals surface area contributed by atoms with Crippen LogP contribution in [0, 0.1) is 0 Å². The molecule has 0 radical (unpaired) electrons. The molecule has 5 nitrogen and oxygen atoms in total. The normalized spacial score (nSPS) is 13.6. The molecule has 19 heavy (non-hydrogen) atoms. The number of benzene rings is 1. The third kappa shape index (κ3) is 5.72. The van der Waals surface area contributed by atoms with Gasteiger partial charge in [0.1, 0.15) is 18.5 Å². The van der Waals surface area contributed by atoms with E-state index >= 15 is 0 Å². The van der Waals surface area contributed by atoms with Crippen LogP contribution in [0.2, 0.25) is 0 Å². The average Bonchev–Trinajstić information content (AvgIpc) is 2.42. The molecule has 1 atom stereocenters. The van der Waals surface area contributed by atoms with E-state index in [-0.39, 0.29) is 6.61 Å². The standard InChI is InChI=1S/C14H22N2O3/c1-10(2)15-8-13(17)9-19-14-6-4-12(5-7-14)11(3)16-18/h4-7,10,13,15,17-18H,8-9H2,1-3H3/b16-11-. The molecule has 5 heteroatoms.